The summed E-state index contributed by atoms with van der Waals surface area (Å²) in [7, 11) is 0. The van der Waals surface area contributed by atoms with E-state index < -0.39 is 0 Å². The summed E-state index contributed by atoms with van der Waals surface area (Å²) in [5.41, 5.74) is 2.62. The van der Waals surface area contributed by atoms with Crippen LogP contribution in [0.3, 0.4) is 0 Å². The maximum atomic E-state index is 6.14. The standard InChI is InChI=1S/C24H34N2O/c1-21(2)19-27-20-24(18-25-15-9-10-16-25)26(23-13-7-4-8-14-23)17-22-11-5-3-6-12-22/h3-8,11-14,21,24H,9-10,15-20H2,1-2H3. The summed E-state index contributed by atoms with van der Waals surface area (Å²) in [6, 6.07) is 21.9. The number of hydrogen-bond acceptors (Lipinski definition) is 3. The molecule has 1 aliphatic heterocycles. The van der Waals surface area contributed by atoms with Crippen LogP contribution in [0, 0.1) is 5.92 Å². The van der Waals surface area contributed by atoms with Crippen LogP contribution >= 0.6 is 0 Å². The van der Waals surface area contributed by atoms with Gasteiger partial charge in [-0.3, -0.25) is 0 Å². The number of nitrogens with zero attached hydrogens (tertiary/aromatic N) is 2. The van der Waals surface area contributed by atoms with Crippen LogP contribution in [0.25, 0.3) is 0 Å². The number of benzene rings is 2. The second-order valence-electron chi connectivity index (χ2n) is 8.04. The van der Waals surface area contributed by atoms with E-state index in [1.165, 1.54) is 37.2 Å². The van der Waals surface area contributed by atoms with E-state index in [1.54, 1.807) is 0 Å². The highest BCUT2D eigenvalue weighted by atomic mass is 16.5. The Hall–Kier alpha value is -1.84. The second kappa shape index (κ2) is 10.5. The Morgan fingerprint density at radius 3 is 2.15 bits per heavy atom. The maximum Gasteiger partial charge on any atom is 0.0682 e. The van der Waals surface area contributed by atoms with Crippen LogP contribution in [0.15, 0.2) is 60.7 Å². The number of anilines is 1. The van der Waals surface area contributed by atoms with Gasteiger partial charge in [-0.1, -0.05) is 62.4 Å². The van der Waals surface area contributed by atoms with E-state index >= 15 is 0 Å². The molecule has 0 aromatic heterocycles. The van der Waals surface area contributed by atoms with E-state index in [0.717, 1.165) is 26.3 Å². The van der Waals surface area contributed by atoms with Gasteiger partial charge in [0.15, 0.2) is 0 Å². The molecule has 27 heavy (non-hydrogen) atoms. The van der Waals surface area contributed by atoms with Crippen LogP contribution in [0.4, 0.5) is 5.69 Å². The molecule has 0 N–H and O–H groups in total. The van der Waals surface area contributed by atoms with Crippen LogP contribution in [0.1, 0.15) is 32.3 Å². The second-order valence-corrected chi connectivity index (χ2v) is 8.04. The van der Waals surface area contributed by atoms with Gasteiger partial charge in [0, 0.05) is 25.4 Å². The summed E-state index contributed by atoms with van der Waals surface area (Å²) in [6.45, 7) is 10.4. The fraction of sp³-hybridized carbons (Fsp3) is 0.500. The topological polar surface area (TPSA) is 15.7 Å². The molecule has 1 saturated heterocycles. The molecule has 2 aromatic rings. The Morgan fingerprint density at radius 1 is 0.889 bits per heavy atom. The van der Waals surface area contributed by atoms with Crippen molar-refractivity contribution < 1.29 is 4.74 Å². The molecule has 3 rings (SSSR count). The van der Waals surface area contributed by atoms with Crippen molar-refractivity contribution in [3.8, 4) is 0 Å². The number of likely N-dealkylation sites (tertiary alicyclic amines) is 1. The van der Waals surface area contributed by atoms with Crippen molar-refractivity contribution in [3.05, 3.63) is 66.2 Å². The summed E-state index contributed by atoms with van der Waals surface area (Å²) in [4.78, 5) is 5.14. The normalized spacial score (nSPS) is 16.0. The van der Waals surface area contributed by atoms with Gasteiger partial charge in [-0.05, 0) is 49.5 Å². The fourth-order valence-electron chi connectivity index (χ4n) is 3.78. The third-order valence-corrected chi connectivity index (χ3v) is 5.15. The highest BCUT2D eigenvalue weighted by molar-refractivity contribution is 5.48. The predicted molar refractivity (Wildman–Crippen MR) is 114 cm³/mol. The molecule has 1 atom stereocenters. The van der Waals surface area contributed by atoms with Gasteiger partial charge >= 0.3 is 0 Å². The van der Waals surface area contributed by atoms with Gasteiger partial charge in [-0.2, -0.15) is 0 Å². The molecular weight excluding hydrogens is 332 g/mol. The zero-order chi connectivity index (χ0) is 18.9. The summed E-state index contributed by atoms with van der Waals surface area (Å²) in [5.74, 6) is 0.566. The minimum absolute atomic E-state index is 0.351. The van der Waals surface area contributed by atoms with E-state index in [0.29, 0.717) is 12.0 Å². The predicted octanol–water partition coefficient (Wildman–Crippen LogP) is 4.83. The number of para-hydroxylation sites is 1. The van der Waals surface area contributed by atoms with Gasteiger partial charge < -0.3 is 14.5 Å². The Balaban J connectivity index is 1.80. The minimum atomic E-state index is 0.351. The van der Waals surface area contributed by atoms with Gasteiger partial charge in [-0.15, -0.1) is 0 Å². The first-order chi connectivity index (χ1) is 13.2. The van der Waals surface area contributed by atoms with E-state index in [4.69, 9.17) is 4.74 Å². The molecule has 0 bridgehead atoms. The monoisotopic (exact) mass is 366 g/mol. The van der Waals surface area contributed by atoms with Crippen LogP contribution in [0.2, 0.25) is 0 Å². The summed E-state index contributed by atoms with van der Waals surface area (Å²) >= 11 is 0. The Kier molecular flexibility index (Phi) is 7.73. The van der Waals surface area contributed by atoms with Crippen molar-refractivity contribution in [2.75, 3.05) is 37.7 Å². The molecule has 1 fully saturated rings. The largest absolute Gasteiger partial charge is 0.379 e. The van der Waals surface area contributed by atoms with Crippen molar-refractivity contribution >= 4 is 5.69 Å². The molecule has 3 nitrogen and oxygen atoms in total. The molecule has 0 spiro atoms. The highest BCUT2D eigenvalue weighted by Gasteiger charge is 2.24. The Labute approximate surface area is 164 Å². The van der Waals surface area contributed by atoms with Crippen LogP contribution < -0.4 is 4.90 Å². The molecule has 146 valence electrons. The molecule has 0 amide bonds. The molecule has 2 aromatic carbocycles. The number of rotatable bonds is 10. The average molecular weight is 367 g/mol. The fourth-order valence-corrected chi connectivity index (χ4v) is 3.78. The minimum Gasteiger partial charge on any atom is -0.379 e. The zero-order valence-electron chi connectivity index (χ0n) is 16.9. The van der Waals surface area contributed by atoms with Crippen molar-refractivity contribution in [1.29, 1.82) is 0 Å². The zero-order valence-corrected chi connectivity index (χ0v) is 16.9. The first-order valence-corrected chi connectivity index (χ1v) is 10.4. The molecule has 0 aliphatic carbocycles. The SMILES string of the molecule is CC(C)COCC(CN1CCCC1)N(Cc1ccccc1)c1ccccc1. The molecule has 1 heterocycles. The Morgan fingerprint density at radius 2 is 1.52 bits per heavy atom. The Bertz CT molecular complexity index is 638. The first kappa shape index (κ1) is 19.9. The summed E-state index contributed by atoms with van der Waals surface area (Å²) in [5, 5.41) is 0. The van der Waals surface area contributed by atoms with Crippen LogP contribution in [-0.4, -0.2) is 43.8 Å². The molecule has 1 unspecified atom stereocenters. The van der Waals surface area contributed by atoms with Gasteiger partial charge in [0.2, 0.25) is 0 Å². The lowest BCUT2D eigenvalue weighted by Gasteiger charge is -2.36. The smallest absolute Gasteiger partial charge is 0.0682 e. The van der Waals surface area contributed by atoms with Crippen molar-refractivity contribution in [2.24, 2.45) is 5.92 Å². The number of ether oxygens (including phenoxy) is 1. The van der Waals surface area contributed by atoms with Gasteiger partial charge in [-0.25, -0.2) is 0 Å². The average Bonchev–Trinajstić information content (AvgIpc) is 3.20. The lowest BCUT2D eigenvalue weighted by atomic mass is 10.1. The van der Waals surface area contributed by atoms with Crippen LogP contribution in [-0.2, 0) is 11.3 Å². The van der Waals surface area contributed by atoms with E-state index in [9.17, 15) is 0 Å². The highest BCUT2D eigenvalue weighted by Crippen LogP contribution is 2.22. The summed E-state index contributed by atoms with van der Waals surface area (Å²) < 4.78 is 6.14. The van der Waals surface area contributed by atoms with Crippen LogP contribution in [0.5, 0.6) is 0 Å². The molecular formula is C24H34N2O. The van der Waals surface area contributed by atoms with E-state index in [2.05, 4.69) is 84.3 Å². The van der Waals surface area contributed by atoms with Gasteiger partial charge in [0.1, 0.15) is 0 Å². The quantitative estimate of drug-likeness (QED) is 0.599. The van der Waals surface area contributed by atoms with E-state index in [1.807, 2.05) is 0 Å². The van der Waals surface area contributed by atoms with Crippen molar-refractivity contribution in [1.82, 2.24) is 4.90 Å². The molecule has 3 heteroatoms. The lowest BCUT2D eigenvalue weighted by Crippen LogP contribution is -2.46. The molecule has 1 aliphatic rings. The van der Waals surface area contributed by atoms with Crippen molar-refractivity contribution in [3.63, 3.8) is 0 Å². The maximum absolute atomic E-state index is 6.14. The third-order valence-electron chi connectivity index (χ3n) is 5.15. The van der Waals surface area contributed by atoms with Gasteiger partial charge in [0.25, 0.3) is 0 Å². The molecule has 0 radical (unpaired) electrons. The summed E-state index contributed by atoms with van der Waals surface area (Å²) in [6.07, 6.45) is 2.65. The molecule has 0 saturated carbocycles. The van der Waals surface area contributed by atoms with Crippen molar-refractivity contribution in [2.45, 2.75) is 39.3 Å². The third kappa shape index (κ3) is 6.37. The van der Waals surface area contributed by atoms with Gasteiger partial charge in [0.05, 0.1) is 12.6 Å². The lowest BCUT2D eigenvalue weighted by molar-refractivity contribution is 0.0874. The van der Waals surface area contributed by atoms with E-state index in [-0.39, 0.29) is 0 Å². The first-order valence-electron chi connectivity index (χ1n) is 10.4. The number of hydrogen-bond donors (Lipinski definition) is 0.